The highest BCUT2D eigenvalue weighted by molar-refractivity contribution is 6.33. The zero-order valence-electron chi connectivity index (χ0n) is 14.0. The molecule has 126 valence electrons. The van der Waals surface area contributed by atoms with Crippen LogP contribution in [0.15, 0.2) is 6.07 Å². The van der Waals surface area contributed by atoms with Gasteiger partial charge in [0, 0.05) is 11.1 Å². The number of esters is 1. The number of methoxy groups -OCH3 is 1. The van der Waals surface area contributed by atoms with Gasteiger partial charge in [0.25, 0.3) is 0 Å². The summed E-state index contributed by atoms with van der Waals surface area (Å²) in [6.07, 6.45) is 0. The number of hydrogen-bond donors (Lipinski definition) is 1. The van der Waals surface area contributed by atoms with Gasteiger partial charge in [-0.2, -0.15) is 0 Å². The van der Waals surface area contributed by atoms with Crippen LogP contribution >= 0.6 is 11.6 Å². The van der Waals surface area contributed by atoms with Crippen molar-refractivity contribution < 1.29 is 24.1 Å². The summed E-state index contributed by atoms with van der Waals surface area (Å²) in [4.78, 5) is 12.7. The first kappa shape index (κ1) is 16.5. The second kappa shape index (κ2) is 5.60. The van der Waals surface area contributed by atoms with E-state index >= 15 is 0 Å². The maximum Gasteiger partial charge on any atom is 0.347 e. The Balaban J connectivity index is 2.34. The summed E-state index contributed by atoms with van der Waals surface area (Å²) < 4.78 is 16.9. The van der Waals surface area contributed by atoms with Gasteiger partial charge in [-0.05, 0) is 44.9 Å². The minimum Gasteiger partial charge on any atom is -0.506 e. The summed E-state index contributed by atoms with van der Waals surface area (Å²) in [5, 5.41) is 10.3. The molecule has 1 aliphatic rings. The molecule has 0 fully saturated rings. The first-order valence-corrected chi connectivity index (χ1v) is 7.75. The third-order valence-electron chi connectivity index (χ3n) is 4.28. The van der Waals surface area contributed by atoms with Gasteiger partial charge in [0.1, 0.15) is 22.8 Å². The Hall–Kier alpha value is -2.40. The highest BCUT2D eigenvalue weighted by Crippen LogP contribution is 2.49. The highest BCUT2D eigenvalue weighted by Gasteiger charge is 2.32. The lowest BCUT2D eigenvalue weighted by molar-refractivity contribution is 0.0735. The number of ether oxygens (including phenoxy) is 3. The standard InChI is InChI=1S/C18H17ClO5/c1-7-6-11(22-5)8(2)17-15(7)23-16-10(4)14(20)13(19)9(3)12(16)18(21)24-17/h6,20H,1-5H3. The summed E-state index contributed by atoms with van der Waals surface area (Å²) in [6, 6.07) is 1.81. The van der Waals surface area contributed by atoms with Crippen LogP contribution in [0.25, 0.3) is 0 Å². The molecule has 0 aromatic heterocycles. The zero-order valence-corrected chi connectivity index (χ0v) is 14.8. The number of benzene rings is 2. The molecule has 0 amide bonds. The number of rotatable bonds is 1. The molecule has 3 rings (SSSR count). The quantitative estimate of drug-likeness (QED) is 0.602. The molecule has 0 radical (unpaired) electrons. The van der Waals surface area contributed by atoms with E-state index in [1.54, 1.807) is 27.9 Å². The van der Waals surface area contributed by atoms with Crippen LogP contribution < -0.4 is 14.2 Å². The van der Waals surface area contributed by atoms with Gasteiger partial charge in [0.15, 0.2) is 11.5 Å². The van der Waals surface area contributed by atoms with Crippen molar-refractivity contribution in [2.45, 2.75) is 27.7 Å². The van der Waals surface area contributed by atoms with Gasteiger partial charge in [-0.15, -0.1) is 0 Å². The molecule has 1 heterocycles. The molecule has 6 heteroatoms. The zero-order chi connectivity index (χ0) is 17.8. The van der Waals surface area contributed by atoms with Crippen LogP contribution in [-0.2, 0) is 0 Å². The van der Waals surface area contributed by atoms with Crippen LogP contribution in [0.3, 0.4) is 0 Å². The van der Waals surface area contributed by atoms with E-state index in [0.717, 1.165) is 5.56 Å². The Morgan fingerprint density at radius 3 is 2.29 bits per heavy atom. The number of hydrogen-bond acceptors (Lipinski definition) is 5. The molecule has 0 aliphatic carbocycles. The summed E-state index contributed by atoms with van der Waals surface area (Å²) in [7, 11) is 1.55. The topological polar surface area (TPSA) is 65.0 Å². The highest BCUT2D eigenvalue weighted by atomic mass is 35.5. The van der Waals surface area contributed by atoms with Crippen molar-refractivity contribution in [3.05, 3.63) is 38.9 Å². The SMILES string of the molecule is COc1cc(C)c2c(c1C)OC(=O)c1c(C)c(Cl)c(O)c(C)c1O2. The second-order valence-corrected chi connectivity index (χ2v) is 6.17. The maximum absolute atomic E-state index is 12.7. The van der Waals surface area contributed by atoms with Crippen molar-refractivity contribution in [2.75, 3.05) is 7.11 Å². The van der Waals surface area contributed by atoms with Gasteiger partial charge >= 0.3 is 5.97 Å². The summed E-state index contributed by atoms with van der Waals surface area (Å²) in [6.45, 7) is 6.90. The van der Waals surface area contributed by atoms with Gasteiger partial charge < -0.3 is 19.3 Å². The number of phenolic OH excluding ortho intramolecular Hbond substituents is 1. The Labute approximate surface area is 144 Å². The molecule has 1 N–H and O–H groups in total. The van der Waals surface area contributed by atoms with Crippen molar-refractivity contribution >= 4 is 17.6 Å². The van der Waals surface area contributed by atoms with Gasteiger partial charge in [-0.25, -0.2) is 4.79 Å². The molecule has 5 nitrogen and oxygen atoms in total. The number of carbonyl (C=O) groups is 1. The molecular formula is C18H17ClO5. The third-order valence-corrected chi connectivity index (χ3v) is 4.74. The van der Waals surface area contributed by atoms with E-state index in [1.807, 2.05) is 13.0 Å². The number of aryl methyl sites for hydroxylation is 1. The number of carbonyl (C=O) groups excluding carboxylic acids is 1. The summed E-state index contributed by atoms with van der Waals surface area (Å²) in [5.41, 5.74) is 2.42. The molecule has 0 spiro atoms. The molecule has 24 heavy (non-hydrogen) atoms. The molecule has 1 aliphatic heterocycles. The minimum atomic E-state index is -0.581. The van der Waals surface area contributed by atoms with Gasteiger partial charge in [-0.3, -0.25) is 0 Å². The average molecular weight is 349 g/mol. The first-order valence-electron chi connectivity index (χ1n) is 7.37. The Kier molecular flexibility index (Phi) is 3.84. The number of phenols is 1. The van der Waals surface area contributed by atoms with E-state index in [4.69, 9.17) is 25.8 Å². The number of aromatic hydroxyl groups is 1. The molecule has 0 saturated heterocycles. The van der Waals surface area contributed by atoms with E-state index in [0.29, 0.717) is 33.9 Å². The molecule has 0 bridgehead atoms. The fourth-order valence-corrected chi connectivity index (χ4v) is 3.07. The Morgan fingerprint density at radius 2 is 1.67 bits per heavy atom. The van der Waals surface area contributed by atoms with E-state index < -0.39 is 5.97 Å². The van der Waals surface area contributed by atoms with Crippen LogP contribution in [0.1, 0.15) is 32.6 Å². The van der Waals surface area contributed by atoms with Crippen LogP contribution in [0.4, 0.5) is 0 Å². The van der Waals surface area contributed by atoms with Gasteiger partial charge in [0.05, 0.1) is 12.1 Å². The Bertz CT molecular complexity index is 886. The van der Waals surface area contributed by atoms with Crippen molar-refractivity contribution in [1.29, 1.82) is 0 Å². The molecule has 0 saturated carbocycles. The summed E-state index contributed by atoms with van der Waals surface area (Å²) >= 11 is 6.13. The van der Waals surface area contributed by atoms with E-state index in [2.05, 4.69) is 0 Å². The molecular weight excluding hydrogens is 332 g/mol. The van der Waals surface area contributed by atoms with E-state index in [-0.39, 0.29) is 22.1 Å². The third kappa shape index (κ3) is 2.19. The fraction of sp³-hybridized carbons (Fsp3) is 0.278. The second-order valence-electron chi connectivity index (χ2n) is 5.79. The average Bonchev–Trinajstić information content (AvgIpc) is 2.71. The number of halogens is 1. The first-order chi connectivity index (χ1) is 11.3. The van der Waals surface area contributed by atoms with Crippen molar-refractivity contribution in [3.63, 3.8) is 0 Å². The molecule has 0 unspecified atom stereocenters. The van der Waals surface area contributed by atoms with Crippen LogP contribution in [0.5, 0.6) is 28.7 Å². The van der Waals surface area contributed by atoms with Crippen LogP contribution in [0, 0.1) is 27.7 Å². The van der Waals surface area contributed by atoms with Gasteiger partial charge in [0.2, 0.25) is 0 Å². The number of fused-ring (bicyclic) bond motifs is 2. The fourth-order valence-electron chi connectivity index (χ4n) is 2.83. The lowest BCUT2D eigenvalue weighted by Gasteiger charge is -2.16. The minimum absolute atomic E-state index is 0.105. The van der Waals surface area contributed by atoms with E-state index in [1.165, 1.54) is 0 Å². The monoisotopic (exact) mass is 348 g/mol. The maximum atomic E-state index is 12.7. The van der Waals surface area contributed by atoms with Crippen LogP contribution in [0.2, 0.25) is 5.02 Å². The molecule has 0 atom stereocenters. The van der Waals surface area contributed by atoms with Crippen molar-refractivity contribution in [1.82, 2.24) is 0 Å². The van der Waals surface area contributed by atoms with Crippen molar-refractivity contribution in [3.8, 4) is 28.7 Å². The van der Waals surface area contributed by atoms with Gasteiger partial charge in [-0.1, -0.05) is 11.6 Å². The van der Waals surface area contributed by atoms with E-state index in [9.17, 15) is 9.90 Å². The Morgan fingerprint density at radius 1 is 1.00 bits per heavy atom. The predicted molar refractivity (Wildman–Crippen MR) is 90.1 cm³/mol. The summed E-state index contributed by atoms with van der Waals surface area (Å²) in [5.74, 6) is 0.898. The molecule has 2 aromatic rings. The smallest absolute Gasteiger partial charge is 0.347 e. The lowest BCUT2D eigenvalue weighted by atomic mass is 10.0. The lowest BCUT2D eigenvalue weighted by Crippen LogP contribution is -2.11. The normalized spacial score (nSPS) is 12.7. The van der Waals surface area contributed by atoms with Crippen LogP contribution in [-0.4, -0.2) is 18.2 Å². The molecule has 2 aromatic carbocycles. The van der Waals surface area contributed by atoms with Crippen molar-refractivity contribution in [2.24, 2.45) is 0 Å². The predicted octanol–water partition coefficient (Wildman–Crippen LogP) is 4.61. The largest absolute Gasteiger partial charge is 0.506 e.